The average Bonchev–Trinajstić information content (AvgIpc) is 2.34. The number of hydrogen-bond acceptors (Lipinski definition) is 2. The number of pyridine rings is 1. The topological polar surface area (TPSA) is 38.9 Å². The average molecular weight is 260 g/mol. The van der Waals surface area contributed by atoms with E-state index >= 15 is 0 Å². The summed E-state index contributed by atoms with van der Waals surface area (Å²) in [4.78, 5) is 4.78. The van der Waals surface area contributed by atoms with E-state index in [1.54, 1.807) is 0 Å². The minimum absolute atomic E-state index is 0.420. The molecule has 0 aliphatic heterocycles. The maximum Gasteiger partial charge on any atom is 0.0608 e. The van der Waals surface area contributed by atoms with Gasteiger partial charge in [0.2, 0.25) is 0 Å². The zero-order chi connectivity index (χ0) is 14.0. The van der Waals surface area contributed by atoms with Gasteiger partial charge in [0, 0.05) is 5.69 Å². The van der Waals surface area contributed by atoms with Gasteiger partial charge in [0.15, 0.2) is 0 Å². The number of nitrogens with two attached hydrogens (primary N) is 1. The van der Waals surface area contributed by atoms with Gasteiger partial charge in [-0.3, -0.25) is 4.98 Å². The quantitative estimate of drug-likeness (QED) is 0.883. The molecule has 2 rings (SSSR count). The molecule has 1 aliphatic carbocycles. The van der Waals surface area contributed by atoms with Crippen molar-refractivity contribution in [2.45, 2.75) is 72.6 Å². The Balaban J connectivity index is 2.18. The molecule has 0 bridgehead atoms. The molecule has 0 fully saturated rings. The van der Waals surface area contributed by atoms with Gasteiger partial charge in [-0.25, -0.2) is 0 Å². The highest BCUT2D eigenvalue weighted by atomic mass is 14.8. The summed E-state index contributed by atoms with van der Waals surface area (Å²) in [6.07, 6.45) is 8.50. The zero-order valence-electron chi connectivity index (χ0n) is 13.0. The fourth-order valence-electron chi connectivity index (χ4n) is 3.06. The van der Waals surface area contributed by atoms with Crippen molar-refractivity contribution in [3.05, 3.63) is 22.5 Å². The highest BCUT2D eigenvalue weighted by Crippen LogP contribution is 2.31. The molecule has 1 heterocycles. The second-order valence-electron chi connectivity index (χ2n) is 7.14. The Hall–Kier alpha value is -1.05. The molecule has 1 aliphatic rings. The first-order chi connectivity index (χ1) is 8.88. The standard InChI is InChI=1S/C17H28N2/c1-12-16(18)14-9-6-5-8-13(14)15(19-12)10-7-11-17(2,3)4/h5-11,18H2,1-4H3. The molecule has 0 saturated carbocycles. The van der Waals surface area contributed by atoms with Gasteiger partial charge in [0.25, 0.3) is 0 Å². The molecule has 2 heteroatoms. The molecule has 0 unspecified atom stereocenters. The van der Waals surface area contributed by atoms with Crippen LogP contribution in [0.4, 0.5) is 5.69 Å². The molecule has 2 nitrogen and oxygen atoms in total. The molecule has 0 radical (unpaired) electrons. The van der Waals surface area contributed by atoms with Crippen LogP contribution in [0.15, 0.2) is 0 Å². The molecule has 0 atom stereocenters. The minimum Gasteiger partial charge on any atom is -0.397 e. The fraction of sp³-hybridized carbons (Fsp3) is 0.706. The van der Waals surface area contributed by atoms with E-state index in [1.807, 2.05) is 0 Å². The van der Waals surface area contributed by atoms with Crippen molar-refractivity contribution in [1.29, 1.82) is 0 Å². The van der Waals surface area contributed by atoms with Crippen LogP contribution >= 0.6 is 0 Å². The van der Waals surface area contributed by atoms with Crippen LogP contribution in [0.5, 0.6) is 0 Å². The van der Waals surface area contributed by atoms with E-state index in [9.17, 15) is 0 Å². The Kier molecular flexibility index (Phi) is 4.17. The molecule has 1 aromatic heterocycles. The summed E-state index contributed by atoms with van der Waals surface area (Å²) < 4.78 is 0. The first-order valence-electron chi connectivity index (χ1n) is 7.65. The van der Waals surface area contributed by atoms with Crippen molar-refractivity contribution >= 4 is 5.69 Å². The van der Waals surface area contributed by atoms with Gasteiger partial charge in [-0.05, 0) is 68.4 Å². The van der Waals surface area contributed by atoms with Crippen LogP contribution < -0.4 is 5.73 Å². The number of anilines is 1. The lowest BCUT2D eigenvalue weighted by atomic mass is 9.86. The fourth-order valence-corrected chi connectivity index (χ4v) is 3.06. The molecule has 19 heavy (non-hydrogen) atoms. The predicted octanol–water partition coefficient (Wildman–Crippen LogP) is 4.22. The number of aryl methyl sites for hydroxylation is 2. The first kappa shape index (κ1) is 14.4. The van der Waals surface area contributed by atoms with E-state index in [0.29, 0.717) is 5.41 Å². The lowest BCUT2D eigenvalue weighted by Gasteiger charge is -2.23. The second-order valence-corrected chi connectivity index (χ2v) is 7.14. The van der Waals surface area contributed by atoms with Crippen LogP contribution in [0.1, 0.15) is 69.0 Å². The number of hydrogen-bond donors (Lipinski definition) is 1. The summed E-state index contributed by atoms with van der Waals surface area (Å²) in [6, 6.07) is 0. The Morgan fingerprint density at radius 3 is 2.37 bits per heavy atom. The molecule has 0 saturated heterocycles. The normalized spacial score (nSPS) is 15.4. The van der Waals surface area contributed by atoms with Gasteiger partial charge < -0.3 is 5.73 Å². The molecule has 2 N–H and O–H groups in total. The van der Waals surface area contributed by atoms with E-state index < -0.39 is 0 Å². The van der Waals surface area contributed by atoms with E-state index in [2.05, 4.69) is 27.7 Å². The minimum atomic E-state index is 0.420. The van der Waals surface area contributed by atoms with Gasteiger partial charge in [-0.15, -0.1) is 0 Å². The van der Waals surface area contributed by atoms with Gasteiger partial charge in [0.05, 0.1) is 11.4 Å². The van der Waals surface area contributed by atoms with E-state index in [4.69, 9.17) is 10.7 Å². The largest absolute Gasteiger partial charge is 0.397 e. The lowest BCUT2D eigenvalue weighted by molar-refractivity contribution is 0.364. The van der Waals surface area contributed by atoms with Crippen molar-refractivity contribution in [3.63, 3.8) is 0 Å². The van der Waals surface area contributed by atoms with E-state index in [-0.39, 0.29) is 0 Å². The summed E-state index contributed by atoms with van der Waals surface area (Å²) in [7, 11) is 0. The maximum atomic E-state index is 6.21. The van der Waals surface area contributed by atoms with Crippen LogP contribution in [0.25, 0.3) is 0 Å². The van der Waals surface area contributed by atoms with E-state index in [1.165, 1.54) is 48.9 Å². The summed E-state index contributed by atoms with van der Waals surface area (Å²) in [6.45, 7) is 8.98. The Morgan fingerprint density at radius 1 is 1.11 bits per heavy atom. The molecule has 106 valence electrons. The highest BCUT2D eigenvalue weighted by Gasteiger charge is 2.19. The van der Waals surface area contributed by atoms with E-state index in [0.717, 1.165) is 24.2 Å². The summed E-state index contributed by atoms with van der Waals surface area (Å²) >= 11 is 0. The number of nitrogen functional groups attached to an aromatic ring is 1. The molecular formula is C17H28N2. The molecule has 0 spiro atoms. The monoisotopic (exact) mass is 260 g/mol. The maximum absolute atomic E-state index is 6.21. The van der Waals surface area contributed by atoms with Crippen LogP contribution in [0.2, 0.25) is 0 Å². The van der Waals surface area contributed by atoms with Crippen molar-refractivity contribution < 1.29 is 0 Å². The SMILES string of the molecule is Cc1nc(CCCC(C)(C)C)c2c(c1N)CCCC2. The van der Waals surface area contributed by atoms with Crippen LogP contribution in [0.3, 0.4) is 0 Å². The van der Waals surface area contributed by atoms with Gasteiger partial charge in [-0.2, -0.15) is 0 Å². The number of rotatable bonds is 3. The molecule has 0 amide bonds. The molecular weight excluding hydrogens is 232 g/mol. The van der Waals surface area contributed by atoms with Crippen LogP contribution in [-0.2, 0) is 19.3 Å². The Morgan fingerprint density at radius 2 is 1.74 bits per heavy atom. The van der Waals surface area contributed by atoms with Crippen molar-refractivity contribution in [3.8, 4) is 0 Å². The number of aromatic nitrogens is 1. The predicted molar refractivity (Wildman–Crippen MR) is 82.4 cm³/mol. The number of fused-ring (bicyclic) bond motifs is 1. The summed E-state index contributed by atoms with van der Waals surface area (Å²) in [5.74, 6) is 0. The zero-order valence-corrected chi connectivity index (χ0v) is 13.0. The summed E-state index contributed by atoms with van der Waals surface area (Å²) in [5, 5.41) is 0. The first-order valence-corrected chi connectivity index (χ1v) is 7.65. The third-order valence-corrected chi connectivity index (χ3v) is 4.17. The van der Waals surface area contributed by atoms with Gasteiger partial charge in [0.1, 0.15) is 0 Å². The third kappa shape index (κ3) is 3.49. The van der Waals surface area contributed by atoms with Crippen LogP contribution in [-0.4, -0.2) is 4.98 Å². The highest BCUT2D eigenvalue weighted by molar-refractivity contribution is 5.56. The molecule has 1 aromatic rings. The second kappa shape index (κ2) is 5.52. The van der Waals surface area contributed by atoms with Crippen molar-refractivity contribution in [2.75, 3.05) is 5.73 Å². The smallest absolute Gasteiger partial charge is 0.0608 e. The summed E-state index contributed by atoms with van der Waals surface area (Å²) in [5.41, 5.74) is 12.8. The van der Waals surface area contributed by atoms with Crippen molar-refractivity contribution in [1.82, 2.24) is 4.98 Å². The van der Waals surface area contributed by atoms with Crippen LogP contribution in [0, 0.1) is 12.3 Å². The Bertz CT molecular complexity index is 455. The van der Waals surface area contributed by atoms with Gasteiger partial charge >= 0.3 is 0 Å². The van der Waals surface area contributed by atoms with Crippen molar-refractivity contribution in [2.24, 2.45) is 5.41 Å². The number of nitrogens with zero attached hydrogens (tertiary/aromatic N) is 1. The third-order valence-electron chi connectivity index (χ3n) is 4.17. The molecule has 0 aromatic carbocycles. The van der Waals surface area contributed by atoms with Gasteiger partial charge in [-0.1, -0.05) is 20.8 Å². The lowest BCUT2D eigenvalue weighted by Crippen LogP contribution is -2.14. The Labute approximate surface area is 117 Å².